The van der Waals surface area contributed by atoms with Crippen LogP contribution in [0.15, 0.2) is 36.4 Å². The topological polar surface area (TPSA) is 60.2 Å². The van der Waals surface area contributed by atoms with Gasteiger partial charge in [0, 0.05) is 0 Å². The van der Waals surface area contributed by atoms with Gasteiger partial charge in [0.15, 0.2) is 0 Å². The molecule has 0 unspecified atom stereocenters. The number of benzene rings is 1. The van der Waals surface area contributed by atoms with Gasteiger partial charge in [-0.25, -0.2) is 0 Å². The molecule has 2 N–H and O–H groups in total. The number of hydrogen-bond donors (Lipinski definition) is 1. The summed E-state index contributed by atoms with van der Waals surface area (Å²) in [5, 5.41) is 0. The van der Waals surface area contributed by atoms with Crippen LogP contribution in [0.4, 0.5) is 0 Å². The second kappa shape index (κ2) is 4.21. The van der Waals surface area contributed by atoms with Crippen molar-refractivity contribution in [2.24, 2.45) is 5.73 Å². The molecule has 3 heteroatoms. The van der Waals surface area contributed by atoms with Gasteiger partial charge >= 0.3 is 0 Å². The van der Waals surface area contributed by atoms with Gasteiger partial charge in [-0.2, -0.15) is 0 Å². The average molecular weight is 175 g/mol. The summed E-state index contributed by atoms with van der Waals surface area (Å²) < 4.78 is 0. The van der Waals surface area contributed by atoms with Crippen LogP contribution in [-0.4, -0.2) is 11.7 Å². The van der Waals surface area contributed by atoms with Crippen LogP contribution in [0.5, 0.6) is 0 Å². The van der Waals surface area contributed by atoms with E-state index in [1.807, 2.05) is 30.3 Å². The highest BCUT2D eigenvalue weighted by Crippen LogP contribution is 2.00. The first kappa shape index (κ1) is 9.19. The molecule has 0 aliphatic rings. The van der Waals surface area contributed by atoms with E-state index in [1.165, 1.54) is 0 Å². The van der Waals surface area contributed by atoms with Crippen molar-refractivity contribution in [3.63, 3.8) is 0 Å². The molecule has 0 aromatic heterocycles. The van der Waals surface area contributed by atoms with Crippen molar-refractivity contribution in [3.05, 3.63) is 42.0 Å². The Bertz CT molecular complexity index is 341. The zero-order valence-corrected chi connectivity index (χ0v) is 6.94. The van der Waals surface area contributed by atoms with Crippen LogP contribution in [0.2, 0.25) is 0 Å². The minimum atomic E-state index is -0.938. The molecule has 0 bridgehead atoms. The quantitative estimate of drug-likeness (QED) is 0.544. The van der Waals surface area contributed by atoms with Crippen LogP contribution in [0.1, 0.15) is 5.56 Å². The Balaban J connectivity index is 2.70. The molecule has 0 atom stereocenters. The SMILES string of the molecule is NC(=O)C(=O)/C=C/c1ccccc1. The minimum Gasteiger partial charge on any atom is -0.363 e. The third-order valence-electron chi connectivity index (χ3n) is 1.47. The monoisotopic (exact) mass is 175 g/mol. The predicted octanol–water partition coefficient (Wildman–Crippen LogP) is 0.754. The zero-order chi connectivity index (χ0) is 9.68. The highest BCUT2D eigenvalue weighted by molar-refractivity contribution is 6.40. The van der Waals surface area contributed by atoms with Crippen LogP contribution in [0.25, 0.3) is 6.08 Å². The lowest BCUT2D eigenvalue weighted by Crippen LogP contribution is -2.20. The van der Waals surface area contributed by atoms with Gasteiger partial charge in [-0.3, -0.25) is 9.59 Å². The Morgan fingerprint density at radius 3 is 2.31 bits per heavy atom. The van der Waals surface area contributed by atoms with Crippen molar-refractivity contribution >= 4 is 17.8 Å². The number of nitrogens with two attached hydrogens (primary N) is 1. The second-order valence-electron chi connectivity index (χ2n) is 2.47. The summed E-state index contributed by atoms with van der Waals surface area (Å²) in [5.41, 5.74) is 5.62. The highest BCUT2D eigenvalue weighted by atomic mass is 16.2. The van der Waals surface area contributed by atoms with E-state index >= 15 is 0 Å². The second-order valence-corrected chi connectivity index (χ2v) is 2.47. The fourth-order valence-corrected chi connectivity index (χ4v) is 0.818. The molecular weight excluding hydrogens is 166 g/mol. The van der Waals surface area contributed by atoms with Gasteiger partial charge in [-0.15, -0.1) is 0 Å². The van der Waals surface area contributed by atoms with Crippen LogP contribution in [0, 0.1) is 0 Å². The summed E-state index contributed by atoms with van der Waals surface area (Å²) in [6.45, 7) is 0. The van der Waals surface area contributed by atoms with Gasteiger partial charge < -0.3 is 5.73 Å². The Morgan fingerprint density at radius 2 is 1.77 bits per heavy atom. The van der Waals surface area contributed by atoms with Crippen molar-refractivity contribution in [1.82, 2.24) is 0 Å². The molecule has 0 saturated heterocycles. The molecule has 1 aromatic rings. The van der Waals surface area contributed by atoms with Gasteiger partial charge in [0.25, 0.3) is 5.91 Å². The number of primary amides is 1. The number of carbonyl (C=O) groups excluding carboxylic acids is 2. The molecule has 0 saturated carbocycles. The first-order chi connectivity index (χ1) is 6.20. The molecule has 0 heterocycles. The lowest BCUT2D eigenvalue weighted by atomic mass is 10.2. The van der Waals surface area contributed by atoms with E-state index in [1.54, 1.807) is 6.08 Å². The lowest BCUT2D eigenvalue weighted by molar-refractivity contribution is -0.133. The molecule has 0 fully saturated rings. The smallest absolute Gasteiger partial charge is 0.289 e. The van der Waals surface area contributed by atoms with Crippen molar-refractivity contribution in [2.75, 3.05) is 0 Å². The summed E-state index contributed by atoms with van der Waals surface area (Å²) in [6, 6.07) is 9.20. The maximum Gasteiger partial charge on any atom is 0.289 e. The van der Waals surface area contributed by atoms with Crippen molar-refractivity contribution in [1.29, 1.82) is 0 Å². The van der Waals surface area contributed by atoms with Crippen molar-refractivity contribution in [2.45, 2.75) is 0 Å². The molecule has 1 aromatic carbocycles. The first-order valence-corrected chi connectivity index (χ1v) is 3.77. The summed E-state index contributed by atoms with van der Waals surface area (Å²) in [5.74, 6) is -1.63. The Hall–Kier alpha value is -1.90. The zero-order valence-electron chi connectivity index (χ0n) is 6.94. The number of amides is 1. The highest BCUT2D eigenvalue weighted by Gasteiger charge is 2.01. The third kappa shape index (κ3) is 2.91. The van der Waals surface area contributed by atoms with Gasteiger partial charge in [-0.05, 0) is 11.6 Å². The van der Waals surface area contributed by atoms with E-state index in [9.17, 15) is 9.59 Å². The van der Waals surface area contributed by atoms with E-state index in [0.29, 0.717) is 0 Å². The molecule has 66 valence electrons. The molecule has 0 radical (unpaired) electrons. The maximum atomic E-state index is 10.8. The number of hydrogen-bond acceptors (Lipinski definition) is 2. The standard InChI is InChI=1S/C10H9NO2/c11-10(13)9(12)7-6-8-4-2-1-3-5-8/h1-7H,(H2,11,13)/b7-6+. The van der Waals surface area contributed by atoms with Gasteiger partial charge in [-0.1, -0.05) is 36.4 Å². The Morgan fingerprint density at radius 1 is 1.15 bits per heavy atom. The van der Waals surface area contributed by atoms with Gasteiger partial charge in [0.1, 0.15) is 0 Å². The normalized spacial score (nSPS) is 10.2. The van der Waals surface area contributed by atoms with Gasteiger partial charge in [0.2, 0.25) is 5.78 Å². The summed E-state index contributed by atoms with van der Waals surface area (Å²) >= 11 is 0. The molecule has 1 amide bonds. The van der Waals surface area contributed by atoms with Crippen LogP contribution >= 0.6 is 0 Å². The first-order valence-electron chi connectivity index (χ1n) is 3.77. The summed E-state index contributed by atoms with van der Waals surface area (Å²) in [7, 11) is 0. The molecule has 0 spiro atoms. The molecule has 3 nitrogen and oxygen atoms in total. The Kier molecular flexibility index (Phi) is 2.97. The van der Waals surface area contributed by atoms with Crippen molar-refractivity contribution < 1.29 is 9.59 Å². The molecule has 1 rings (SSSR count). The number of rotatable bonds is 3. The molecular formula is C10H9NO2. The predicted molar refractivity (Wildman–Crippen MR) is 49.7 cm³/mol. The van der Waals surface area contributed by atoms with E-state index in [0.717, 1.165) is 11.6 Å². The lowest BCUT2D eigenvalue weighted by Gasteiger charge is -1.89. The Labute approximate surface area is 75.9 Å². The van der Waals surface area contributed by atoms with E-state index in [4.69, 9.17) is 5.73 Å². The maximum absolute atomic E-state index is 10.8. The summed E-state index contributed by atoms with van der Waals surface area (Å²) in [6.07, 6.45) is 2.71. The van der Waals surface area contributed by atoms with Crippen LogP contribution in [0.3, 0.4) is 0 Å². The van der Waals surface area contributed by atoms with Crippen LogP contribution < -0.4 is 5.73 Å². The average Bonchev–Trinajstić information content (AvgIpc) is 2.15. The van der Waals surface area contributed by atoms with E-state index < -0.39 is 11.7 Å². The fourth-order valence-electron chi connectivity index (χ4n) is 0.818. The largest absolute Gasteiger partial charge is 0.363 e. The molecule has 0 aliphatic carbocycles. The van der Waals surface area contributed by atoms with Crippen molar-refractivity contribution in [3.8, 4) is 0 Å². The van der Waals surface area contributed by atoms with Crippen LogP contribution in [-0.2, 0) is 9.59 Å². The van der Waals surface area contributed by atoms with Gasteiger partial charge in [0.05, 0.1) is 0 Å². The number of carbonyl (C=O) groups is 2. The number of ketones is 1. The third-order valence-corrected chi connectivity index (χ3v) is 1.47. The minimum absolute atomic E-state index is 0.691. The molecule has 0 aliphatic heterocycles. The van der Waals surface area contributed by atoms with E-state index in [2.05, 4.69) is 0 Å². The molecule has 13 heavy (non-hydrogen) atoms. The van der Waals surface area contributed by atoms with E-state index in [-0.39, 0.29) is 0 Å². The fraction of sp³-hybridized carbons (Fsp3) is 0. The summed E-state index contributed by atoms with van der Waals surface area (Å²) in [4.78, 5) is 21.1.